The first-order valence-corrected chi connectivity index (χ1v) is 5.67. The van der Waals surface area contributed by atoms with Crippen molar-refractivity contribution in [1.29, 1.82) is 0 Å². The van der Waals surface area contributed by atoms with Crippen molar-refractivity contribution in [3.8, 4) is 5.75 Å². The molecule has 0 fully saturated rings. The van der Waals surface area contributed by atoms with Crippen LogP contribution in [-0.2, 0) is 16.0 Å². The van der Waals surface area contributed by atoms with E-state index in [1.165, 1.54) is 18.1 Å². The van der Waals surface area contributed by atoms with Crippen molar-refractivity contribution in [3.63, 3.8) is 0 Å². The fourth-order valence-electron chi connectivity index (χ4n) is 1.87. The van der Waals surface area contributed by atoms with Crippen LogP contribution in [-0.4, -0.2) is 29.9 Å². The predicted molar refractivity (Wildman–Crippen MR) is 62.3 cm³/mol. The molecule has 0 radical (unpaired) electrons. The molecule has 2 rings (SSSR count). The molecule has 1 aliphatic heterocycles. The Morgan fingerprint density at radius 3 is 3.12 bits per heavy atom. The fraction of sp³-hybridized carbons (Fsp3) is 0.462. The van der Waals surface area contributed by atoms with Gasteiger partial charge in [-0.1, -0.05) is 17.7 Å². The first kappa shape index (κ1) is 11.9. The summed E-state index contributed by atoms with van der Waals surface area (Å²) in [5.74, 6) is -0.0662. The zero-order valence-corrected chi connectivity index (χ0v) is 9.97. The minimum absolute atomic E-state index is 0.0754. The zero-order valence-electron chi connectivity index (χ0n) is 9.97. The van der Waals surface area contributed by atoms with Crippen molar-refractivity contribution in [2.24, 2.45) is 0 Å². The zero-order chi connectivity index (χ0) is 12.4. The second-order valence-electron chi connectivity index (χ2n) is 4.37. The summed E-state index contributed by atoms with van der Waals surface area (Å²) in [6, 6.07) is 6.04. The Morgan fingerprint density at radius 1 is 1.65 bits per heavy atom. The number of benzene rings is 1. The molecule has 4 nitrogen and oxygen atoms in total. The van der Waals surface area contributed by atoms with Gasteiger partial charge in [0.25, 0.3) is 0 Å². The van der Waals surface area contributed by atoms with E-state index in [9.17, 15) is 4.79 Å². The standard InChI is InChI=1S/C13H16O4/c1-8-3-4-12-10(5-8)6-11(17-12)7-16-9(2)13(14)15/h3-5,9,11H,6-7H2,1-2H3,(H,14,15)/t9-,11?/m0/s1. The van der Waals surface area contributed by atoms with Crippen molar-refractivity contribution >= 4 is 5.97 Å². The highest BCUT2D eigenvalue weighted by molar-refractivity contribution is 5.71. The molecule has 1 heterocycles. The third kappa shape index (κ3) is 2.77. The third-order valence-corrected chi connectivity index (χ3v) is 2.84. The maximum absolute atomic E-state index is 10.6. The summed E-state index contributed by atoms with van der Waals surface area (Å²) in [5, 5.41) is 8.70. The topological polar surface area (TPSA) is 55.8 Å². The van der Waals surface area contributed by atoms with Gasteiger partial charge in [0.15, 0.2) is 6.10 Å². The third-order valence-electron chi connectivity index (χ3n) is 2.84. The largest absolute Gasteiger partial charge is 0.487 e. The molecular weight excluding hydrogens is 220 g/mol. The molecule has 92 valence electrons. The highest BCUT2D eigenvalue weighted by atomic mass is 16.6. The van der Waals surface area contributed by atoms with Gasteiger partial charge >= 0.3 is 5.97 Å². The quantitative estimate of drug-likeness (QED) is 0.865. The van der Waals surface area contributed by atoms with Gasteiger partial charge in [-0.05, 0) is 25.5 Å². The molecule has 0 spiro atoms. The summed E-state index contributed by atoms with van der Waals surface area (Å²) in [4.78, 5) is 10.6. The van der Waals surface area contributed by atoms with Crippen LogP contribution in [0.2, 0.25) is 0 Å². The van der Waals surface area contributed by atoms with Crippen LogP contribution in [0.25, 0.3) is 0 Å². The van der Waals surface area contributed by atoms with Gasteiger partial charge in [-0.25, -0.2) is 4.79 Å². The summed E-state index contributed by atoms with van der Waals surface area (Å²) in [6.07, 6.45) is -0.0822. The van der Waals surface area contributed by atoms with Crippen LogP contribution in [0, 0.1) is 6.92 Å². The van der Waals surface area contributed by atoms with Crippen LogP contribution in [0.5, 0.6) is 5.75 Å². The molecular formula is C13H16O4. The van der Waals surface area contributed by atoms with E-state index in [4.69, 9.17) is 14.6 Å². The van der Waals surface area contributed by atoms with Gasteiger partial charge in [-0.3, -0.25) is 0 Å². The molecule has 1 aromatic carbocycles. The van der Waals surface area contributed by atoms with Gasteiger partial charge < -0.3 is 14.6 Å². The summed E-state index contributed by atoms with van der Waals surface area (Å²) in [6.45, 7) is 3.87. The number of carboxylic acids is 1. The molecule has 1 aliphatic rings. The Balaban J connectivity index is 1.90. The molecule has 17 heavy (non-hydrogen) atoms. The molecule has 1 N–H and O–H groups in total. The monoisotopic (exact) mass is 236 g/mol. The summed E-state index contributed by atoms with van der Waals surface area (Å²) < 4.78 is 10.9. The Morgan fingerprint density at radius 2 is 2.41 bits per heavy atom. The van der Waals surface area contributed by atoms with Crippen LogP contribution in [0.3, 0.4) is 0 Å². The number of aliphatic carboxylic acids is 1. The van der Waals surface area contributed by atoms with E-state index in [1.54, 1.807) is 0 Å². The maximum Gasteiger partial charge on any atom is 0.332 e. The number of fused-ring (bicyclic) bond motifs is 1. The highest BCUT2D eigenvalue weighted by Gasteiger charge is 2.24. The van der Waals surface area contributed by atoms with Crippen LogP contribution >= 0.6 is 0 Å². The van der Waals surface area contributed by atoms with Crippen molar-refractivity contribution < 1.29 is 19.4 Å². The maximum atomic E-state index is 10.6. The Kier molecular flexibility index (Phi) is 3.33. The van der Waals surface area contributed by atoms with E-state index in [0.29, 0.717) is 6.61 Å². The van der Waals surface area contributed by atoms with E-state index in [1.807, 2.05) is 19.1 Å². The van der Waals surface area contributed by atoms with E-state index in [2.05, 4.69) is 6.07 Å². The van der Waals surface area contributed by atoms with Gasteiger partial charge in [0, 0.05) is 6.42 Å². The molecule has 0 bridgehead atoms. The summed E-state index contributed by atoms with van der Waals surface area (Å²) >= 11 is 0. The van der Waals surface area contributed by atoms with Gasteiger partial charge in [0.05, 0.1) is 6.61 Å². The summed E-state index contributed by atoms with van der Waals surface area (Å²) in [7, 11) is 0. The lowest BCUT2D eigenvalue weighted by atomic mass is 10.1. The summed E-state index contributed by atoms with van der Waals surface area (Å²) in [5.41, 5.74) is 2.37. The number of hydrogen-bond donors (Lipinski definition) is 1. The number of ether oxygens (including phenoxy) is 2. The molecule has 0 amide bonds. The van der Waals surface area contributed by atoms with E-state index in [-0.39, 0.29) is 6.10 Å². The molecule has 0 aromatic heterocycles. The Labute approximate surface area is 100 Å². The molecule has 1 aromatic rings. The fourth-order valence-corrected chi connectivity index (χ4v) is 1.87. The Hall–Kier alpha value is -1.55. The lowest BCUT2D eigenvalue weighted by molar-refractivity contribution is -0.150. The van der Waals surface area contributed by atoms with Gasteiger partial charge in [0.2, 0.25) is 0 Å². The Bertz CT molecular complexity index is 427. The van der Waals surface area contributed by atoms with Crippen molar-refractivity contribution in [2.75, 3.05) is 6.61 Å². The average molecular weight is 236 g/mol. The predicted octanol–water partition coefficient (Wildman–Crippen LogP) is 1.79. The van der Waals surface area contributed by atoms with Gasteiger partial charge in [-0.2, -0.15) is 0 Å². The van der Waals surface area contributed by atoms with Crippen LogP contribution in [0.4, 0.5) is 0 Å². The average Bonchev–Trinajstić information content (AvgIpc) is 2.67. The normalized spacial score (nSPS) is 19.5. The lowest BCUT2D eigenvalue weighted by Crippen LogP contribution is -2.27. The van der Waals surface area contributed by atoms with E-state index in [0.717, 1.165) is 12.2 Å². The number of rotatable bonds is 4. The minimum Gasteiger partial charge on any atom is -0.487 e. The number of carbonyl (C=O) groups is 1. The van der Waals surface area contributed by atoms with Crippen molar-refractivity contribution in [1.82, 2.24) is 0 Å². The number of hydrogen-bond acceptors (Lipinski definition) is 3. The second-order valence-corrected chi connectivity index (χ2v) is 4.37. The molecule has 0 saturated heterocycles. The van der Waals surface area contributed by atoms with Crippen LogP contribution < -0.4 is 4.74 Å². The first-order valence-electron chi connectivity index (χ1n) is 5.67. The van der Waals surface area contributed by atoms with E-state index < -0.39 is 12.1 Å². The molecule has 2 atom stereocenters. The van der Waals surface area contributed by atoms with E-state index >= 15 is 0 Å². The minimum atomic E-state index is -0.948. The molecule has 1 unspecified atom stereocenters. The number of carboxylic acid groups (broad SMARTS) is 1. The van der Waals surface area contributed by atoms with Crippen LogP contribution in [0.1, 0.15) is 18.1 Å². The molecule has 4 heteroatoms. The second kappa shape index (κ2) is 4.75. The molecule has 0 aliphatic carbocycles. The van der Waals surface area contributed by atoms with Gasteiger partial charge in [-0.15, -0.1) is 0 Å². The lowest BCUT2D eigenvalue weighted by Gasteiger charge is -2.13. The smallest absolute Gasteiger partial charge is 0.332 e. The van der Waals surface area contributed by atoms with Crippen molar-refractivity contribution in [2.45, 2.75) is 32.5 Å². The van der Waals surface area contributed by atoms with Crippen molar-refractivity contribution in [3.05, 3.63) is 29.3 Å². The first-order chi connectivity index (χ1) is 8.06. The molecule has 0 saturated carbocycles. The van der Waals surface area contributed by atoms with Gasteiger partial charge in [0.1, 0.15) is 11.9 Å². The SMILES string of the molecule is Cc1ccc2c(c1)CC(CO[C@@H](C)C(=O)O)O2. The highest BCUT2D eigenvalue weighted by Crippen LogP contribution is 2.29. The van der Waals surface area contributed by atoms with Crippen LogP contribution in [0.15, 0.2) is 18.2 Å². The number of aryl methyl sites for hydroxylation is 1.